The fourth-order valence-electron chi connectivity index (χ4n) is 3.13. The molecule has 3 rings (SSSR count). The van der Waals surface area contributed by atoms with Crippen molar-refractivity contribution in [2.75, 3.05) is 18.4 Å². The second kappa shape index (κ2) is 11.0. The van der Waals surface area contributed by atoms with Gasteiger partial charge in [0.1, 0.15) is 11.5 Å². The first-order valence-electron chi connectivity index (χ1n) is 10.1. The number of ether oxygens (including phenoxy) is 1. The van der Waals surface area contributed by atoms with Crippen LogP contribution in [0.4, 0.5) is 5.69 Å². The molecule has 0 unspecified atom stereocenters. The summed E-state index contributed by atoms with van der Waals surface area (Å²) in [5, 5.41) is 25.3. The second-order valence-electron chi connectivity index (χ2n) is 7.20. The summed E-state index contributed by atoms with van der Waals surface area (Å²) in [4.78, 5) is 26.8. The number of aliphatic hydroxyl groups is 1. The molecule has 3 aromatic rings. The van der Waals surface area contributed by atoms with Crippen LogP contribution in [-0.4, -0.2) is 40.2 Å². The Morgan fingerprint density at radius 3 is 2.62 bits per heavy atom. The summed E-state index contributed by atoms with van der Waals surface area (Å²) in [6, 6.07) is 15.6. The summed E-state index contributed by atoms with van der Waals surface area (Å²) < 4.78 is 5.83. The largest absolute Gasteiger partial charge is 0.478 e. The topological polar surface area (TPSA) is 121 Å². The van der Waals surface area contributed by atoms with E-state index < -0.39 is 12.1 Å². The van der Waals surface area contributed by atoms with Gasteiger partial charge in [-0.25, -0.2) is 4.79 Å². The number of aliphatic hydroxyl groups excluding tert-OH is 1. The molecular weight excluding hydrogens is 410 g/mol. The Morgan fingerprint density at radius 2 is 1.91 bits per heavy atom. The van der Waals surface area contributed by atoms with Crippen molar-refractivity contribution in [2.45, 2.75) is 19.4 Å². The van der Waals surface area contributed by atoms with E-state index in [1.54, 1.807) is 30.6 Å². The van der Waals surface area contributed by atoms with Gasteiger partial charge in [0.05, 0.1) is 17.4 Å². The predicted octanol–water partition coefficient (Wildman–Crippen LogP) is 3.40. The number of nitrogens with one attached hydrogen (secondary N) is 2. The lowest BCUT2D eigenvalue weighted by Crippen LogP contribution is -2.23. The Labute approximate surface area is 185 Å². The normalized spacial score (nSPS) is 11.6. The summed E-state index contributed by atoms with van der Waals surface area (Å²) in [6.07, 6.45) is 3.41. The summed E-state index contributed by atoms with van der Waals surface area (Å²) in [5.74, 6) is -0.587. The standard InChI is InChI=1S/C24H25N3O5/c1-16(28)27-22-8-7-20(13-21(22)24(30)31)32-19-6-2-4-17(12-19)9-11-26-15-23(29)18-5-3-10-25-14-18/h2-8,10,12-14,23,26,29H,9,11,15H2,1H3,(H,27,28)(H,30,31)/t23-/m0/s1. The van der Waals surface area contributed by atoms with Crippen molar-refractivity contribution < 1.29 is 24.5 Å². The summed E-state index contributed by atoms with van der Waals surface area (Å²) in [6.45, 7) is 2.39. The molecule has 4 N–H and O–H groups in total. The molecule has 2 aromatic carbocycles. The van der Waals surface area contributed by atoms with E-state index in [2.05, 4.69) is 15.6 Å². The SMILES string of the molecule is CC(=O)Nc1ccc(Oc2cccc(CCNC[C@H](O)c3cccnc3)c2)cc1C(=O)O. The Hall–Kier alpha value is -3.75. The molecule has 1 heterocycles. The lowest BCUT2D eigenvalue weighted by molar-refractivity contribution is -0.114. The highest BCUT2D eigenvalue weighted by molar-refractivity contribution is 6.00. The van der Waals surface area contributed by atoms with Gasteiger partial charge in [0.25, 0.3) is 0 Å². The Morgan fingerprint density at radius 1 is 1.09 bits per heavy atom. The fraction of sp³-hybridized carbons (Fsp3) is 0.208. The number of amides is 1. The van der Waals surface area contributed by atoms with E-state index >= 15 is 0 Å². The number of nitrogens with zero attached hydrogens (tertiary/aromatic N) is 1. The number of anilines is 1. The first-order valence-corrected chi connectivity index (χ1v) is 10.1. The number of carbonyl (C=O) groups is 2. The highest BCUT2D eigenvalue weighted by Gasteiger charge is 2.13. The van der Waals surface area contributed by atoms with Crippen LogP contribution in [0, 0.1) is 0 Å². The first kappa shape index (κ1) is 22.9. The van der Waals surface area contributed by atoms with Crippen LogP contribution < -0.4 is 15.4 Å². The lowest BCUT2D eigenvalue weighted by atomic mass is 10.1. The van der Waals surface area contributed by atoms with Crippen LogP contribution in [0.2, 0.25) is 0 Å². The maximum atomic E-state index is 11.5. The molecule has 166 valence electrons. The fourth-order valence-corrected chi connectivity index (χ4v) is 3.13. The van der Waals surface area contributed by atoms with E-state index in [4.69, 9.17) is 4.74 Å². The molecule has 1 aromatic heterocycles. The molecule has 1 amide bonds. The van der Waals surface area contributed by atoms with Crippen molar-refractivity contribution in [3.05, 3.63) is 83.7 Å². The molecular formula is C24H25N3O5. The zero-order chi connectivity index (χ0) is 22.9. The van der Waals surface area contributed by atoms with Gasteiger partial charge in [0, 0.05) is 31.4 Å². The van der Waals surface area contributed by atoms with E-state index in [0.717, 1.165) is 17.5 Å². The molecule has 0 aliphatic heterocycles. The van der Waals surface area contributed by atoms with Gasteiger partial charge in [-0.05, 0) is 54.9 Å². The zero-order valence-electron chi connectivity index (χ0n) is 17.6. The van der Waals surface area contributed by atoms with Crippen molar-refractivity contribution in [1.82, 2.24) is 10.3 Å². The average molecular weight is 435 g/mol. The number of aromatic carboxylic acids is 1. The van der Waals surface area contributed by atoms with Gasteiger partial charge in [-0.2, -0.15) is 0 Å². The molecule has 8 heteroatoms. The van der Waals surface area contributed by atoms with Crippen LogP contribution in [0.25, 0.3) is 0 Å². The van der Waals surface area contributed by atoms with Gasteiger partial charge >= 0.3 is 5.97 Å². The minimum atomic E-state index is -1.16. The maximum Gasteiger partial charge on any atom is 0.337 e. The van der Waals surface area contributed by atoms with E-state index in [1.807, 2.05) is 24.3 Å². The van der Waals surface area contributed by atoms with E-state index in [0.29, 0.717) is 24.6 Å². The summed E-state index contributed by atoms with van der Waals surface area (Å²) in [5.41, 5.74) is 1.95. The third-order valence-corrected chi connectivity index (χ3v) is 4.66. The van der Waals surface area contributed by atoms with E-state index in [1.165, 1.54) is 19.1 Å². The van der Waals surface area contributed by atoms with Crippen molar-refractivity contribution in [2.24, 2.45) is 0 Å². The third-order valence-electron chi connectivity index (χ3n) is 4.66. The Bertz CT molecular complexity index is 1070. The number of benzene rings is 2. The van der Waals surface area contributed by atoms with Crippen LogP contribution >= 0.6 is 0 Å². The monoisotopic (exact) mass is 435 g/mol. The minimum absolute atomic E-state index is 0.0507. The number of carboxylic acid groups (broad SMARTS) is 1. The van der Waals surface area contributed by atoms with Crippen molar-refractivity contribution >= 4 is 17.6 Å². The number of hydrogen-bond acceptors (Lipinski definition) is 6. The molecule has 0 spiro atoms. The smallest absolute Gasteiger partial charge is 0.337 e. The second-order valence-corrected chi connectivity index (χ2v) is 7.20. The van der Waals surface area contributed by atoms with Gasteiger partial charge in [0.15, 0.2) is 0 Å². The van der Waals surface area contributed by atoms with Crippen molar-refractivity contribution in [3.8, 4) is 11.5 Å². The van der Waals surface area contributed by atoms with Crippen LogP contribution in [0.3, 0.4) is 0 Å². The molecule has 0 fully saturated rings. The summed E-state index contributed by atoms with van der Waals surface area (Å²) >= 11 is 0. The van der Waals surface area contributed by atoms with Gasteiger partial charge in [0.2, 0.25) is 5.91 Å². The molecule has 8 nitrogen and oxygen atoms in total. The van der Waals surface area contributed by atoms with E-state index in [-0.39, 0.29) is 17.2 Å². The lowest BCUT2D eigenvalue weighted by Gasteiger charge is -2.13. The number of rotatable bonds is 10. The van der Waals surface area contributed by atoms with Crippen molar-refractivity contribution in [3.63, 3.8) is 0 Å². The van der Waals surface area contributed by atoms with Crippen LogP contribution in [0.5, 0.6) is 11.5 Å². The van der Waals surface area contributed by atoms with Crippen LogP contribution in [0.1, 0.15) is 34.5 Å². The quantitative estimate of drug-likeness (QED) is 0.360. The summed E-state index contributed by atoms with van der Waals surface area (Å²) in [7, 11) is 0. The van der Waals surface area contributed by atoms with Crippen molar-refractivity contribution in [1.29, 1.82) is 0 Å². The molecule has 32 heavy (non-hydrogen) atoms. The third kappa shape index (κ3) is 6.63. The maximum absolute atomic E-state index is 11.5. The minimum Gasteiger partial charge on any atom is -0.478 e. The van der Waals surface area contributed by atoms with Gasteiger partial charge in [-0.1, -0.05) is 18.2 Å². The molecule has 0 saturated carbocycles. The number of aromatic nitrogens is 1. The van der Waals surface area contributed by atoms with Gasteiger partial charge in [-0.15, -0.1) is 0 Å². The molecule has 0 aliphatic carbocycles. The van der Waals surface area contributed by atoms with Crippen LogP contribution in [-0.2, 0) is 11.2 Å². The molecule has 0 saturated heterocycles. The van der Waals surface area contributed by atoms with E-state index in [9.17, 15) is 19.8 Å². The number of pyridine rings is 1. The van der Waals surface area contributed by atoms with Gasteiger partial charge < -0.3 is 25.6 Å². The van der Waals surface area contributed by atoms with Gasteiger partial charge in [-0.3, -0.25) is 9.78 Å². The van der Waals surface area contributed by atoms with Crippen LogP contribution in [0.15, 0.2) is 67.0 Å². The molecule has 1 atom stereocenters. The Balaban J connectivity index is 1.57. The molecule has 0 aliphatic rings. The predicted molar refractivity (Wildman–Crippen MR) is 120 cm³/mol. The highest BCUT2D eigenvalue weighted by atomic mass is 16.5. The number of carbonyl (C=O) groups excluding carboxylic acids is 1. The highest BCUT2D eigenvalue weighted by Crippen LogP contribution is 2.27. The number of hydrogen-bond donors (Lipinski definition) is 4. The average Bonchev–Trinajstić information content (AvgIpc) is 2.78. The number of carboxylic acids is 1. The Kier molecular flexibility index (Phi) is 7.91. The zero-order valence-corrected chi connectivity index (χ0v) is 17.6. The molecule has 0 radical (unpaired) electrons. The first-order chi connectivity index (χ1) is 15.4. The molecule has 0 bridgehead atoms.